The van der Waals surface area contributed by atoms with Gasteiger partial charge in [-0.3, -0.25) is 28.9 Å². The summed E-state index contributed by atoms with van der Waals surface area (Å²) in [6, 6.07) is 7.54. The fraction of sp³-hybridized carbons (Fsp3) is 0.528. The van der Waals surface area contributed by atoms with Crippen LogP contribution in [-0.2, 0) is 40.6 Å². The number of nitrogens with one attached hydrogen (secondary N) is 2. The van der Waals surface area contributed by atoms with E-state index in [4.69, 9.17) is 16.6 Å². The van der Waals surface area contributed by atoms with Crippen LogP contribution in [0, 0.1) is 6.92 Å². The number of hydrogen-bond acceptors (Lipinski definition) is 13. The average molecular weight is 765 g/mol. The molecule has 4 aromatic rings. The summed E-state index contributed by atoms with van der Waals surface area (Å²) >= 11 is 0.831. The molecule has 0 saturated carbocycles. The second-order valence-corrected chi connectivity index (χ2v) is 14.9. The van der Waals surface area contributed by atoms with E-state index in [9.17, 15) is 19.5 Å². The molecule has 0 spiro atoms. The number of piperazine rings is 1. The Morgan fingerprint density at radius 3 is 2.50 bits per heavy atom. The number of carboxylic acids is 2. The van der Waals surface area contributed by atoms with Crippen molar-refractivity contribution in [1.29, 1.82) is 0 Å². The van der Waals surface area contributed by atoms with E-state index in [2.05, 4.69) is 83.5 Å². The second kappa shape index (κ2) is 19.5. The number of carbonyl (C=O) groups is 3. The average Bonchev–Trinajstić information content (AvgIpc) is 3.78. The summed E-state index contributed by atoms with van der Waals surface area (Å²) in [6.45, 7) is 12.2. The minimum Gasteiger partial charge on any atom is -0.480 e. The number of rotatable bonds is 21. The van der Waals surface area contributed by atoms with Crippen LogP contribution in [0.25, 0.3) is 11.0 Å². The van der Waals surface area contributed by atoms with Crippen molar-refractivity contribution in [1.82, 2.24) is 44.6 Å². The molecular weight excluding hydrogens is 713 g/mol. The van der Waals surface area contributed by atoms with Gasteiger partial charge in [-0.1, -0.05) is 43.2 Å². The van der Waals surface area contributed by atoms with Crippen LogP contribution in [0.2, 0.25) is 0 Å². The van der Waals surface area contributed by atoms with Gasteiger partial charge < -0.3 is 36.9 Å². The minimum absolute atomic E-state index is 0.106. The van der Waals surface area contributed by atoms with E-state index in [-0.39, 0.29) is 24.7 Å². The molecule has 18 heteroatoms. The fourth-order valence-electron chi connectivity index (χ4n) is 6.32. The number of aliphatic carboxylic acids is 2. The van der Waals surface area contributed by atoms with Crippen molar-refractivity contribution >= 4 is 52.4 Å². The number of unbranched alkanes of at least 4 members (excludes halogenated alkanes) is 2. The molecule has 17 nitrogen and oxygen atoms in total. The van der Waals surface area contributed by atoms with Gasteiger partial charge in [-0.2, -0.15) is 4.98 Å². The van der Waals surface area contributed by atoms with Crippen molar-refractivity contribution in [2.75, 3.05) is 56.1 Å². The van der Waals surface area contributed by atoms with E-state index < -0.39 is 29.1 Å². The van der Waals surface area contributed by atoms with Crippen LogP contribution in [-0.4, -0.2) is 124 Å². The first-order chi connectivity index (χ1) is 26.0. The third-order valence-electron chi connectivity index (χ3n) is 9.46. The fourth-order valence-corrected chi connectivity index (χ4v) is 7.31. The van der Waals surface area contributed by atoms with Crippen molar-refractivity contribution < 1.29 is 24.6 Å². The van der Waals surface area contributed by atoms with Gasteiger partial charge in [-0.15, -0.1) is 16.9 Å². The summed E-state index contributed by atoms with van der Waals surface area (Å²) in [5, 5.41) is 31.7. The molecule has 3 aromatic heterocycles. The molecule has 4 heterocycles. The Labute approximate surface area is 318 Å². The number of thioether (sulfide) groups is 1. The van der Waals surface area contributed by atoms with Gasteiger partial charge in [0.1, 0.15) is 22.5 Å². The molecule has 1 aromatic carbocycles. The number of aryl methyl sites for hydroxylation is 1. The molecule has 1 fully saturated rings. The predicted octanol–water partition coefficient (Wildman–Crippen LogP) is 1.99. The molecule has 8 N–H and O–H groups in total. The van der Waals surface area contributed by atoms with Gasteiger partial charge in [0, 0.05) is 70.7 Å². The molecule has 2 atom stereocenters. The van der Waals surface area contributed by atoms with E-state index >= 15 is 0 Å². The molecule has 292 valence electrons. The second-order valence-electron chi connectivity index (χ2n) is 13.7. The lowest BCUT2D eigenvalue weighted by Crippen LogP contribution is -2.46. The zero-order valence-corrected chi connectivity index (χ0v) is 31.8. The molecule has 1 unspecified atom stereocenters. The first kappa shape index (κ1) is 40.4. The van der Waals surface area contributed by atoms with Crippen molar-refractivity contribution in [2.24, 2.45) is 5.73 Å². The Morgan fingerprint density at radius 1 is 1.00 bits per heavy atom. The third-order valence-corrected chi connectivity index (χ3v) is 10.8. The Morgan fingerprint density at radius 2 is 1.78 bits per heavy atom. The zero-order valence-electron chi connectivity index (χ0n) is 31.0. The number of aromatic nitrogens is 6. The SMILES string of the molecule is CCCCCNc1nc(N)nc2ccn(Cc3ccc(CN4CCN(CCn5cc(CNC(=O)CC(SC[C@H](N)C(=O)O)C(=O)O)nn5)CC4)cc3C)c12. The van der Waals surface area contributed by atoms with Gasteiger partial charge in [0.25, 0.3) is 0 Å². The van der Waals surface area contributed by atoms with Crippen LogP contribution < -0.4 is 22.1 Å². The minimum atomic E-state index is -1.23. The number of nitrogen functional groups attached to an aromatic ring is 1. The highest BCUT2D eigenvalue weighted by molar-refractivity contribution is 8.00. The maximum atomic E-state index is 12.4. The van der Waals surface area contributed by atoms with Crippen molar-refractivity contribution in [3.8, 4) is 0 Å². The number of hydrogen-bond donors (Lipinski definition) is 6. The topological polar surface area (TPSA) is 236 Å². The molecule has 1 aliphatic rings. The van der Waals surface area contributed by atoms with Gasteiger partial charge in [-0.25, -0.2) is 4.98 Å². The number of carbonyl (C=O) groups excluding carboxylic acids is 1. The van der Waals surface area contributed by atoms with E-state index in [0.717, 1.165) is 93.7 Å². The van der Waals surface area contributed by atoms with Gasteiger partial charge in [0.2, 0.25) is 11.9 Å². The largest absolute Gasteiger partial charge is 0.480 e. The molecule has 1 aliphatic heterocycles. The number of nitrogens with zero attached hydrogens (tertiary/aromatic N) is 8. The van der Waals surface area contributed by atoms with Gasteiger partial charge in [-0.05, 0) is 36.1 Å². The summed E-state index contributed by atoms with van der Waals surface area (Å²) in [5.41, 5.74) is 17.6. The summed E-state index contributed by atoms with van der Waals surface area (Å²) in [5.74, 6) is -1.97. The van der Waals surface area contributed by atoms with Crippen LogP contribution in [0.1, 0.15) is 55.0 Å². The molecule has 0 radical (unpaired) electrons. The standard InChI is InChI=1S/C36H52N12O5S/c1-3-4-5-9-39-33-32-29(41-36(38)42-33)8-10-47(32)21-26-7-6-25(17-24(26)2)20-46-13-11-45(12-14-46)15-16-48-22-27(43-44-48)19-40-31(49)18-30(35(52)53)54-23-28(37)34(50)51/h6-8,10,17,22,28,30H,3-5,9,11-16,18-21,23,37H2,1-2H3,(H,40,49)(H,50,51)(H,52,53)(H3,38,39,41,42)/t28-,30?/m0/s1. The summed E-state index contributed by atoms with van der Waals surface area (Å²) in [6.07, 6.45) is 6.91. The van der Waals surface area contributed by atoms with Gasteiger partial charge >= 0.3 is 11.9 Å². The zero-order chi connectivity index (χ0) is 38.6. The molecule has 54 heavy (non-hydrogen) atoms. The Hall–Kier alpha value is -4.78. The Balaban J connectivity index is 1.04. The first-order valence-corrected chi connectivity index (χ1v) is 19.4. The molecule has 5 rings (SSSR count). The number of nitrogens with two attached hydrogens (primary N) is 2. The number of fused-ring (bicyclic) bond motifs is 1. The molecule has 1 amide bonds. The number of amides is 1. The molecule has 0 bridgehead atoms. The summed E-state index contributed by atoms with van der Waals surface area (Å²) in [7, 11) is 0. The monoisotopic (exact) mass is 764 g/mol. The number of carboxylic acid groups (broad SMARTS) is 2. The number of anilines is 2. The first-order valence-electron chi connectivity index (χ1n) is 18.4. The van der Waals surface area contributed by atoms with E-state index in [1.54, 1.807) is 10.9 Å². The highest BCUT2D eigenvalue weighted by Gasteiger charge is 2.25. The van der Waals surface area contributed by atoms with Crippen molar-refractivity contribution in [3.63, 3.8) is 0 Å². The predicted molar refractivity (Wildman–Crippen MR) is 208 cm³/mol. The third kappa shape index (κ3) is 11.6. The lowest BCUT2D eigenvalue weighted by atomic mass is 10.0. The van der Waals surface area contributed by atoms with Gasteiger partial charge in [0.05, 0.1) is 24.8 Å². The lowest BCUT2D eigenvalue weighted by molar-refractivity contribution is -0.139. The van der Waals surface area contributed by atoms with Crippen LogP contribution >= 0.6 is 11.8 Å². The van der Waals surface area contributed by atoms with E-state index in [1.807, 2.05) is 6.07 Å². The molecule has 0 aliphatic carbocycles. The van der Waals surface area contributed by atoms with Crippen molar-refractivity contribution in [3.05, 3.63) is 59.0 Å². The Kier molecular flexibility index (Phi) is 14.6. The highest BCUT2D eigenvalue weighted by atomic mass is 32.2. The van der Waals surface area contributed by atoms with Crippen molar-refractivity contribution in [2.45, 2.75) is 77.0 Å². The van der Waals surface area contributed by atoms with Crippen LogP contribution in [0.4, 0.5) is 11.8 Å². The van der Waals surface area contributed by atoms with Crippen LogP contribution in [0.15, 0.2) is 36.7 Å². The smallest absolute Gasteiger partial charge is 0.321 e. The summed E-state index contributed by atoms with van der Waals surface area (Å²) < 4.78 is 3.94. The van der Waals surface area contributed by atoms with Crippen LogP contribution in [0.3, 0.4) is 0 Å². The maximum absolute atomic E-state index is 12.4. The van der Waals surface area contributed by atoms with Gasteiger partial charge in [0.15, 0.2) is 5.82 Å². The van der Waals surface area contributed by atoms with Crippen LogP contribution in [0.5, 0.6) is 0 Å². The maximum Gasteiger partial charge on any atom is 0.321 e. The molecular formula is C36H52N12O5S. The quantitative estimate of drug-likeness (QED) is 0.0666. The Bertz CT molecular complexity index is 1880. The highest BCUT2D eigenvalue weighted by Crippen LogP contribution is 2.25. The normalized spacial score (nSPS) is 14.9. The number of benzene rings is 1. The molecule has 1 saturated heterocycles. The lowest BCUT2D eigenvalue weighted by Gasteiger charge is -2.34. The summed E-state index contributed by atoms with van der Waals surface area (Å²) in [4.78, 5) is 48.6. The van der Waals surface area contributed by atoms with E-state index in [1.165, 1.54) is 16.7 Å². The van der Waals surface area contributed by atoms with E-state index in [0.29, 0.717) is 18.8 Å².